The van der Waals surface area contributed by atoms with Crippen molar-refractivity contribution in [1.82, 2.24) is 10.0 Å². The number of hydrogen-bond acceptors (Lipinski definition) is 4. The monoisotopic (exact) mass is 460 g/mol. The van der Waals surface area contributed by atoms with Gasteiger partial charge in [-0.15, -0.1) is 35.3 Å². The van der Waals surface area contributed by atoms with Gasteiger partial charge in [0.1, 0.15) is 0 Å². The van der Waals surface area contributed by atoms with Crippen molar-refractivity contribution in [3.05, 3.63) is 15.8 Å². The highest BCUT2D eigenvalue weighted by atomic mass is 127. The van der Waals surface area contributed by atoms with Crippen molar-refractivity contribution >= 4 is 51.3 Å². The van der Waals surface area contributed by atoms with Crippen LogP contribution in [0, 0.1) is 19.8 Å². The van der Waals surface area contributed by atoms with E-state index >= 15 is 0 Å². The molecule has 0 amide bonds. The van der Waals surface area contributed by atoms with Crippen molar-refractivity contribution in [2.24, 2.45) is 16.6 Å². The molecule has 1 aromatic heterocycles. The normalized spacial score (nSPS) is 12.3. The lowest BCUT2D eigenvalue weighted by molar-refractivity contribution is 0.580. The number of aliphatic imine (C=N–C) groups is 1. The number of sulfonamides is 1. The van der Waals surface area contributed by atoms with E-state index in [0.29, 0.717) is 29.9 Å². The fourth-order valence-corrected chi connectivity index (χ4v) is 4.25. The van der Waals surface area contributed by atoms with E-state index < -0.39 is 10.0 Å². The molecule has 0 unspecified atom stereocenters. The molecule has 4 N–H and O–H groups in total. The molecule has 1 rings (SSSR count). The molecule has 0 radical (unpaired) electrons. The summed E-state index contributed by atoms with van der Waals surface area (Å²) in [6.07, 6.45) is 0. The summed E-state index contributed by atoms with van der Waals surface area (Å²) in [5, 5.41) is 2.89. The van der Waals surface area contributed by atoms with Gasteiger partial charge >= 0.3 is 0 Å². The number of thiophene rings is 1. The predicted octanol–water partition coefficient (Wildman–Crippen LogP) is 1.82. The third-order valence-corrected chi connectivity index (χ3v) is 5.32. The van der Waals surface area contributed by atoms with Crippen LogP contribution in [-0.2, 0) is 10.0 Å². The minimum atomic E-state index is -3.45. The summed E-state index contributed by atoms with van der Waals surface area (Å²) >= 11 is 1.48. The average Bonchev–Trinajstić information content (AvgIpc) is 2.72. The van der Waals surface area contributed by atoms with Gasteiger partial charge in [-0.25, -0.2) is 13.1 Å². The molecule has 0 aliphatic heterocycles. The second kappa shape index (κ2) is 9.68. The summed E-state index contributed by atoms with van der Waals surface area (Å²) in [6.45, 7) is 9.11. The van der Waals surface area contributed by atoms with Crippen LogP contribution >= 0.6 is 35.3 Å². The summed E-state index contributed by atoms with van der Waals surface area (Å²) < 4.78 is 26.8. The Labute approximate surface area is 154 Å². The molecule has 0 saturated carbocycles. The largest absolute Gasteiger partial charge is 0.370 e. The van der Waals surface area contributed by atoms with E-state index in [9.17, 15) is 8.42 Å². The number of aryl methyl sites for hydroxylation is 2. The standard InChI is InChI=1S/C13H24N4O2S2.HI/c1-9(2)8-16-13(14)15-5-6-17-21(18,19)12-7-10(3)20-11(12)4;/h7,9,17H,5-6,8H2,1-4H3,(H3,14,15,16);1H. The number of nitrogens with zero attached hydrogens (tertiary/aromatic N) is 1. The average molecular weight is 460 g/mol. The molecule has 6 nitrogen and oxygen atoms in total. The van der Waals surface area contributed by atoms with Crippen molar-refractivity contribution < 1.29 is 8.42 Å². The van der Waals surface area contributed by atoms with Gasteiger partial charge in [0.05, 0.1) is 4.90 Å². The number of nitrogens with one attached hydrogen (secondary N) is 2. The Hall–Kier alpha value is -0.390. The molecule has 1 aromatic rings. The van der Waals surface area contributed by atoms with Gasteiger partial charge < -0.3 is 11.1 Å². The zero-order chi connectivity index (χ0) is 16.0. The molecule has 0 saturated heterocycles. The van der Waals surface area contributed by atoms with Crippen LogP contribution in [0.4, 0.5) is 0 Å². The molecular weight excluding hydrogens is 435 g/mol. The van der Waals surface area contributed by atoms with Crippen molar-refractivity contribution in [3.8, 4) is 0 Å². The fraction of sp³-hybridized carbons (Fsp3) is 0.615. The van der Waals surface area contributed by atoms with Crippen LogP contribution in [0.3, 0.4) is 0 Å². The van der Waals surface area contributed by atoms with Crippen molar-refractivity contribution in [2.75, 3.05) is 19.6 Å². The lowest BCUT2D eigenvalue weighted by Gasteiger charge is -2.08. The van der Waals surface area contributed by atoms with Crippen LogP contribution < -0.4 is 15.8 Å². The predicted molar refractivity (Wildman–Crippen MR) is 104 cm³/mol. The number of nitrogens with two attached hydrogens (primary N) is 1. The number of hydrogen-bond donors (Lipinski definition) is 3. The topological polar surface area (TPSA) is 96.6 Å². The summed E-state index contributed by atoms with van der Waals surface area (Å²) in [5.41, 5.74) is 5.67. The van der Waals surface area contributed by atoms with Gasteiger partial charge in [-0.2, -0.15) is 0 Å². The Bertz CT molecular complexity index is 597. The summed E-state index contributed by atoms with van der Waals surface area (Å²) in [4.78, 5) is 6.27. The van der Waals surface area contributed by atoms with Crippen LogP contribution in [0.1, 0.15) is 23.6 Å². The molecule has 9 heteroatoms. The first kappa shape index (κ1) is 21.6. The van der Waals surface area contributed by atoms with Crippen LogP contribution in [-0.4, -0.2) is 34.0 Å². The zero-order valence-electron chi connectivity index (χ0n) is 13.3. The van der Waals surface area contributed by atoms with Crippen molar-refractivity contribution in [3.63, 3.8) is 0 Å². The van der Waals surface area contributed by atoms with Crippen molar-refractivity contribution in [2.45, 2.75) is 32.6 Å². The number of halogens is 1. The quantitative estimate of drug-likeness (QED) is 0.250. The Morgan fingerprint density at radius 3 is 2.50 bits per heavy atom. The number of guanidine groups is 1. The molecule has 0 aromatic carbocycles. The second-order valence-electron chi connectivity index (χ2n) is 5.22. The first-order valence-electron chi connectivity index (χ1n) is 6.83. The molecule has 0 aliphatic rings. The van der Waals surface area contributed by atoms with Gasteiger partial charge in [-0.05, 0) is 25.8 Å². The van der Waals surface area contributed by atoms with Gasteiger partial charge in [0.15, 0.2) is 5.96 Å². The molecular formula is C13H25IN4O2S2. The van der Waals surface area contributed by atoms with Crippen molar-refractivity contribution in [1.29, 1.82) is 0 Å². The van der Waals surface area contributed by atoms with Crippen LogP contribution in [0.2, 0.25) is 0 Å². The lowest BCUT2D eigenvalue weighted by Crippen LogP contribution is -2.38. The molecule has 128 valence electrons. The van der Waals surface area contributed by atoms with E-state index in [4.69, 9.17) is 5.73 Å². The second-order valence-corrected chi connectivity index (χ2v) is 8.42. The summed E-state index contributed by atoms with van der Waals surface area (Å²) in [7, 11) is -3.45. The highest BCUT2D eigenvalue weighted by Crippen LogP contribution is 2.24. The maximum absolute atomic E-state index is 12.1. The first-order chi connectivity index (χ1) is 9.72. The molecule has 0 spiro atoms. The molecule has 0 aliphatic carbocycles. The summed E-state index contributed by atoms with van der Waals surface area (Å²) in [5.74, 6) is 0.777. The van der Waals surface area contributed by atoms with Gasteiger partial charge in [0.2, 0.25) is 10.0 Å². The first-order valence-corrected chi connectivity index (χ1v) is 9.13. The highest BCUT2D eigenvalue weighted by Gasteiger charge is 2.18. The van der Waals surface area contributed by atoms with Gasteiger partial charge in [0, 0.05) is 29.4 Å². The minimum absolute atomic E-state index is 0. The zero-order valence-corrected chi connectivity index (χ0v) is 17.3. The Morgan fingerprint density at radius 1 is 1.36 bits per heavy atom. The van der Waals surface area contributed by atoms with Gasteiger partial charge in [0.25, 0.3) is 0 Å². The Balaban J connectivity index is 0.00000441. The molecule has 0 bridgehead atoms. The van der Waals surface area contributed by atoms with E-state index in [1.165, 1.54) is 11.3 Å². The summed E-state index contributed by atoms with van der Waals surface area (Å²) in [6, 6.07) is 1.69. The fourth-order valence-electron chi connectivity index (χ4n) is 1.66. The molecule has 0 atom stereocenters. The van der Waals surface area contributed by atoms with Gasteiger partial charge in [-0.1, -0.05) is 13.8 Å². The van der Waals surface area contributed by atoms with E-state index in [1.54, 1.807) is 13.0 Å². The minimum Gasteiger partial charge on any atom is -0.370 e. The molecule has 1 heterocycles. The van der Waals surface area contributed by atoms with E-state index in [0.717, 1.165) is 9.75 Å². The lowest BCUT2D eigenvalue weighted by atomic mass is 10.2. The van der Waals surface area contributed by atoms with E-state index in [1.807, 2.05) is 6.92 Å². The molecule has 0 fully saturated rings. The SMILES string of the molecule is Cc1cc(S(=O)(=O)NCCNC(N)=NCC(C)C)c(C)s1.I. The third-order valence-electron chi connectivity index (χ3n) is 2.63. The van der Waals surface area contributed by atoms with Gasteiger partial charge in [-0.3, -0.25) is 4.99 Å². The van der Waals surface area contributed by atoms with Crippen LogP contribution in [0.25, 0.3) is 0 Å². The smallest absolute Gasteiger partial charge is 0.241 e. The third kappa shape index (κ3) is 7.25. The van der Waals surface area contributed by atoms with Crippen LogP contribution in [0.5, 0.6) is 0 Å². The number of rotatable bonds is 7. The maximum Gasteiger partial charge on any atom is 0.241 e. The maximum atomic E-state index is 12.1. The van der Waals surface area contributed by atoms with Crippen LogP contribution in [0.15, 0.2) is 16.0 Å². The highest BCUT2D eigenvalue weighted by molar-refractivity contribution is 14.0. The molecule has 22 heavy (non-hydrogen) atoms. The Kier molecular flexibility index (Phi) is 9.51. The van der Waals surface area contributed by atoms with E-state index in [2.05, 4.69) is 28.9 Å². The Morgan fingerprint density at radius 2 is 2.00 bits per heavy atom. The van der Waals surface area contributed by atoms with E-state index in [-0.39, 0.29) is 30.5 Å².